The zero-order valence-corrected chi connectivity index (χ0v) is 13.8. The maximum atomic E-state index is 12.7. The molecule has 5 nitrogen and oxygen atoms in total. The molecule has 1 aromatic carbocycles. The number of rotatable bonds is 6. The first-order valence-electron chi connectivity index (χ1n) is 7.67. The summed E-state index contributed by atoms with van der Waals surface area (Å²) in [5.41, 5.74) is 1.67. The van der Waals surface area contributed by atoms with Crippen LogP contribution in [0.5, 0.6) is 0 Å². The van der Waals surface area contributed by atoms with E-state index in [1.165, 1.54) is 11.3 Å². The summed E-state index contributed by atoms with van der Waals surface area (Å²) in [6.45, 7) is 2.65. The molecule has 1 N–H and O–H groups in total. The Bertz CT molecular complexity index is 696. The average Bonchev–Trinajstić information content (AvgIpc) is 3.20. The average molecular weight is 329 g/mol. The molecule has 2 amide bonds. The summed E-state index contributed by atoms with van der Waals surface area (Å²) in [7, 11) is 0. The second-order valence-corrected chi connectivity index (χ2v) is 6.78. The molecule has 0 spiro atoms. The smallest absolute Gasteiger partial charge is 0.254 e. The molecule has 0 saturated heterocycles. The Morgan fingerprint density at radius 2 is 2.22 bits per heavy atom. The number of nitrogens with zero attached hydrogens (tertiary/aromatic N) is 2. The van der Waals surface area contributed by atoms with E-state index < -0.39 is 0 Å². The van der Waals surface area contributed by atoms with Gasteiger partial charge in [0.05, 0.1) is 0 Å². The van der Waals surface area contributed by atoms with E-state index in [-0.39, 0.29) is 18.4 Å². The molecule has 1 aliphatic carbocycles. The lowest BCUT2D eigenvalue weighted by atomic mass is 10.1. The molecule has 23 heavy (non-hydrogen) atoms. The summed E-state index contributed by atoms with van der Waals surface area (Å²) in [4.78, 5) is 30.6. The molecular weight excluding hydrogens is 310 g/mol. The van der Waals surface area contributed by atoms with Crippen molar-refractivity contribution in [2.45, 2.75) is 19.8 Å². The second kappa shape index (κ2) is 6.91. The third-order valence-corrected chi connectivity index (χ3v) is 4.43. The van der Waals surface area contributed by atoms with E-state index >= 15 is 0 Å². The van der Waals surface area contributed by atoms with Gasteiger partial charge in [0.25, 0.3) is 5.91 Å². The molecule has 1 saturated carbocycles. The van der Waals surface area contributed by atoms with E-state index in [0.29, 0.717) is 23.2 Å². The highest BCUT2D eigenvalue weighted by atomic mass is 32.1. The van der Waals surface area contributed by atoms with Gasteiger partial charge in [0.15, 0.2) is 5.13 Å². The van der Waals surface area contributed by atoms with E-state index in [1.807, 2.05) is 25.1 Å². The first-order valence-corrected chi connectivity index (χ1v) is 8.55. The van der Waals surface area contributed by atoms with Gasteiger partial charge in [-0.05, 0) is 37.8 Å². The first-order chi connectivity index (χ1) is 11.1. The number of anilines is 1. The Labute approximate surface area is 139 Å². The van der Waals surface area contributed by atoms with Crippen molar-refractivity contribution in [1.82, 2.24) is 9.88 Å². The van der Waals surface area contributed by atoms with Gasteiger partial charge in [-0.1, -0.05) is 17.7 Å². The number of carbonyl (C=O) groups excluding carboxylic acids is 2. The molecule has 6 heteroatoms. The maximum absolute atomic E-state index is 12.7. The number of amides is 2. The number of hydrogen-bond donors (Lipinski definition) is 1. The van der Waals surface area contributed by atoms with Gasteiger partial charge in [-0.2, -0.15) is 0 Å². The second-order valence-electron chi connectivity index (χ2n) is 5.88. The van der Waals surface area contributed by atoms with Crippen LogP contribution in [0.1, 0.15) is 28.8 Å². The molecule has 1 fully saturated rings. The van der Waals surface area contributed by atoms with Crippen LogP contribution < -0.4 is 5.32 Å². The minimum atomic E-state index is -0.207. The van der Waals surface area contributed by atoms with E-state index in [1.54, 1.807) is 22.5 Å². The molecule has 0 atom stereocenters. The third kappa shape index (κ3) is 4.39. The van der Waals surface area contributed by atoms with Gasteiger partial charge >= 0.3 is 0 Å². The molecule has 0 bridgehead atoms. The molecule has 0 radical (unpaired) electrons. The number of benzene rings is 1. The Morgan fingerprint density at radius 1 is 1.39 bits per heavy atom. The van der Waals surface area contributed by atoms with Crippen LogP contribution in [-0.4, -0.2) is 34.8 Å². The van der Waals surface area contributed by atoms with Crippen molar-refractivity contribution in [1.29, 1.82) is 0 Å². The standard InChI is InChI=1S/C17H19N3O2S/c1-12-3-2-4-14(9-12)16(22)20(10-13-5-6-13)11-15(21)19-17-18-7-8-23-17/h2-4,7-9,13H,5-6,10-11H2,1H3,(H,18,19,21). The fraction of sp³-hybridized carbons (Fsp3) is 0.353. The van der Waals surface area contributed by atoms with Gasteiger partial charge < -0.3 is 10.2 Å². The van der Waals surface area contributed by atoms with Crippen LogP contribution in [0.3, 0.4) is 0 Å². The molecule has 0 unspecified atom stereocenters. The van der Waals surface area contributed by atoms with Crippen molar-refractivity contribution in [3.63, 3.8) is 0 Å². The highest BCUT2D eigenvalue weighted by Crippen LogP contribution is 2.30. The Morgan fingerprint density at radius 3 is 2.87 bits per heavy atom. The van der Waals surface area contributed by atoms with Gasteiger partial charge in [-0.25, -0.2) is 4.98 Å². The van der Waals surface area contributed by atoms with Gasteiger partial charge in [0.2, 0.25) is 5.91 Å². The molecule has 1 aliphatic rings. The van der Waals surface area contributed by atoms with Gasteiger partial charge in [0.1, 0.15) is 6.54 Å². The summed E-state index contributed by atoms with van der Waals surface area (Å²) in [6, 6.07) is 7.49. The van der Waals surface area contributed by atoms with Crippen molar-refractivity contribution in [3.05, 3.63) is 47.0 Å². The largest absolute Gasteiger partial charge is 0.329 e. The lowest BCUT2D eigenvalue weighted by Gasteiger charge is -2.22. The number of nitrogens with one attached hydrogen (secondary N) is 1. The monoisotopic (exact) mass is 329 g/mol. The fourth-order valence-electron chi connectivity index (χ4n) is 2.41. The third-order valence-electron chi connectivity index (χ3n) is 3.74. The summed E-state index contributed by atoms with van der Waals surface area (Å²) in [5.74, 6) is 0.230. The molecule has 3 rings (SSSR count). The number of aryl methyl sites for hydroxylation is 1. The number of thiazole rings is 1. The summed E-state index contributed by atoms with van der Waals surface area (Å²) in [5, 5.41) is 5.10. The molecule has 1 aromatic heterocycles. The maximum Gasteiger partial charge on any atom is 0.254 e. The predicted octanol–water partition coefficient (Wildman–Crippen LogP) is 2.94. The predicted molar refractivity (Wildman–Crippen MR) is 90.6 cm³/mol. The quantitative estimate of drug-likeness (QED) is 0.886. The number of carbonyl (C=O) groups is 2. The van der Waals surface area contributed by atoms with E-state index in [9.17, 15) is 9.59 Å². The van der Waals surface area contributed by atoms with Crippen LogP contribution in [0.2, 0.25) is 0 Å². The van der Waals surface area contributed by atoms with Crippen molar-refractivity contribution in [2.24, 2.45) is 5.92 Å². The lowest BCUT2D eigenvalue weighted by molar-refractivity contribution is -0.116. The van der Waals surface area contributed by atoms with Gasteiger partial charge in [-0.3, -0.25) is 9.59 Å². The SMILES string of the molecule is Cc1cccc(C(=O)N(CC(=O)Nc2nccs2)CC2CC2)c1. The zero-order chi connectivity index (χ0) is 16.2. The Balaban J connectivity index is 1.69. The van der Waals surface area contributed by atoms with Gasteiger partial charge in [0, 0.05) is 23.7 Å². The highest BCUT2D eigenvalue weighted by Gasteiger charge is 2.28. The summed E-state index contributed by atoms with van der Waals surface area (Å²) >= 11 is 1.36. The Hall–Kier alpha value is -2.21. The molecule has 0 aliphatic heterocycles. The minimum absolute atomic E-state index is 0.0584. The van der Waals surface area contributed by atoms with Crippen LogP contribution in [0.15, 0.2) is 35.8 Å². The Kier molecular flexibility index (Phi) is 4.71. The first kappa shape index (κ1) is 15.7. The van der Waals surface area contributed by atoms with Crippen LogP contribution in [-0.2, 0) is 4.79 Å². The number of hydrogen-bond acceptors (Lipinski definition) is 4. The normalized spacial score (nSPS) is 13.6. The van der Waals surface area contributed by atoms with Crippen molar-refractivity contribution in [2.75, 3.05) is 18.4 Å². The van der Waals surface area contributed by atoms with Crippen LogP contribution in [0.4, 0.5) is 5.13 Å². The molecule has 120 valence electrons. The van der Waals surface area contributed by atoms with Crippen molar-refractivity contribution < 1.29 is 9.59 Å². The molecule has 1 heterocycles. The van der Waals surface area contributed by atoms with Crippen LogP contribution in [0, 0.1) is 12.8 Å². The number of aromatic nitrogens is 1. The van der Waals surface area contributed by atoms with E-state index in [4.69, 9.17) is 0 Å². The van der Waals surface area contributed by atoms with Crippen LogP contribution >= 0.6 is 11.3 Å². The van der Waals surface area contributed by atoms with E-state index in [0.717, 1.165) is 18.4 Å². The van der Waals surface area contributed by atoms with Crippen molar-refractivity contribution >= 4 is 28.3 Å². The topological polar surface area (TPSA) is 62.3 Å². The lowest BCUT2D eigenvalue weighted by Crippen LogP contribution is -2.39. The highest BCUT2D eigenvalue weighted by molar-refractivity contribution is 7.13. The molecule has 2 aromatic rings. The summed E-state index contributed by atoms with van der Waals surface area (Å²) < 4.78 is 0. The zero-order valence-electron chi connectivity index (χ0n) is 13.0. The van der Waals surface area contributed by atoms with E-state index in [2.05, 4.69) is 10.3 Å². The van der Waals surface area contributed by atoms with Crippen LogP contribution in [0.25, 0.3) is 0 Å². The van der Waals surface area contributed by atoms with Gasteiger partial charge in [-0.15, -0.1) is 11.3 Å². The summed E-state index contributed by atoms with van der Waals surface area (Å²) in [6.07, 6.45) is 3.90. The fourth-order valence-corrected chi connectivity index (χ4v) is 2.95. The molecular formula is C17H19N3O2S. The van der Waals surface area contributed by atoms with Crippen molar-refractivity contribution in [3.8, 4) is 0 Å². The minimum Gasteiger partial charge on any atom is -0.329 e.